The SMILES string of the molecule is C=CC(C)(O)CC=CC(C)(CC(=O)C=C(C)C)OO. The molecule has 0 saturated carbocycles. The minimum atomic E-state index is -1.10. The molecular formula is C15H24O4. The maximum Gasteiger partial charge on any atom is 0.158 e. The van der Waals surface area contributed by atoms with Crippen molar-refractivity contribution in [3.05, 3.63) is 36.5 Å². The zero-order chi connectivity index (χ0) is 15.1. The largest absolute Gasteiger partial charge is 0.386 e. The zero-order valence-electron chi connectivity index (χ0n) is 12.1. The number of hydrogen-bond donors (Lipinski definition) is 2. The first kappa shape index (κ1) is 17.8. The first-order valence-corrected chi connectivity index (χ1v) is 6.18. The summed E-state index contributed by atoms with van der Waals surface area (Å²) in [5.74, 6) is -0.128. The topological polar surface area (TPSA) is 66.8 Å². The standard InChI is InChI=1S/C15H24O4/c1-6-14(4,17)8-7-9-15(5,19-18)11-13(16)10-12(2)3/h6-7,9-10,17-18H,1,8,11H2,2-5H3. The fourth-order valence-corrected chi connectivity index (χ4v) is 1.47. The van der Waals surface area contributed by atoms with Gasteiger partial charge in [0, 0.05) is 6.42 Å². The molecule has 0 aromatic carbocycles. The fourth-order valence-electron chi connectivity index (χ4n) is 1.47. The third kappa shape index (κ3) is 7.72. The van der Waals surface area contributed by atoms with E-state index < -0.39 is 11.2 Å². The van der Waals surface area contributed by atoms with Crippen LogP contribution in [-0.4, -0.2) is 27.3 Å². The van der Waals surface area contributed by atoms with Gasteiger partial charge in [0.05, 0.1) is 5.60 Å². The molecule has 0 saturated heterocycles. The van der Waals surface area contributed by atoms with Gasteiger partial charge in [-0.2, -0.15) is 0 Å². The van der Waals surface area contributed by atoms with Crippen LogP contribution in [0.5, 0.6) is 0 Å². The first-order valence-electron chi connectivity index (χ1n) is 6.18. The van der Waals surface area contributed by atoms with E-state index in [1.165, 1.54) is 12.2 Å². The van der Waals surface area contributed by atoms with E-state index in [9.17, 15) is 9.90 Å². The Bertz CT molecular complexity index is 376. The molecule has 0 bridgehead atoms. The minimum absolute atomic E-state index is 0.0292. The van der Waals surface area contributed by atoms with Crippen LogP contribution in [0.4, 0.5) is 0 Å². The summed E-state index contributed by atoms with van der Waals surface area (Å²) in [5.41, 5.74) is -1.22. The third-order valence-corrected chi connectivity index (χ3v) is 2.62. The normalized spacial score (nSPS) is 17.6. The monoisotopic (exact) mass is 268 g/mol. The molecule has 0 amide bonds. The Hall–Kier alpha value is -1.23. The molecule has 2 unspecified atom stereocenters. The lowest BCUT2D eigenvalue weighted by atomic mass is 9.95. The number of hydrogen-bond acceptors (Lipinski definition) is 4. The van der Waals surface area contributed by atoms with Gasteiger partial charge in [0.25, 0.3) is 0 Å². The third-order valence-electron chi connectivity index (χ3n) is 2.62. The Balaban J connectivity index is 4.70. The molecule has 0 aliphatic heterocycles. The molecule has 0 radical (unpaired) electrons. The Kier molecular flexibility index (Phi) is 6.90. The summed E-state index contributed by atoms with van der Waals surface area (Å²) in [6, 6.07) is 0. The van der Waals surface area contributed by atoms with E-state index in [0.717, 1.165) is 5.57 Å². The van der Waals surface area contributed by atoms with Gasteiger partial charge >= 0.3 is 0 Å². The lowest BCUT2D eigenvalue weighted by Gasteiger charge is -2.22. The molecule has 2 N–H and O–H groups in total. The van der Waals surface area contributed by atoms with Crippen LogP contribution in [0, 0.1) is 0 Å². The van der Waals surface area contributed by atoms with Gasteiger partial charge in [-0.05, 0) is 40.2 Å². The van der Waals surface area contributed by atoms with Crippen LogP contribution in [0.25, 0.3) is 0 Å². The molecule has 108 valence electrons. The Labute approximate surface area is 115 Å². The molecule has 0 spiro atoms. The highest BCUT2D eigenvalue weighted by molar-refractivity contribution is 5.91. The van der Waals surface area contributed by atoms with Crippen molar-refractivity contribution < 1.29 is 20.0 Å². The average molecular weight is 268 g/mol. The van der Waals surface area contributed by atoms with Crippen LogP contribution in [0.1, 0.15) is 40.5 Å². The summed E-state index contributed by atoms with van der Waals surface area (Å²) in [7, 11) is 0. The molecular weight excluding hydrogens is 244 g/mol. The minimum Gasteiger partial charge on any atom is -0.386 e. The number of carbonyl (C=O) groups is 1. The van der Waals surface area contributed by atoms with Gasteiger partial charge < -0.3 is 5.11 Å². The number of carbonyl (C=O) groups excluding carboxylic acids is 1. The van der Waals surface area contributed by atoms with E-state index in [2.05, 4.69) is 11.5 Å². The van der Waals surface area contributed by atoms with Crippen molar-refractivity contribution >= 4 is 5.78 Å². The van der Waals surface area contributed by atoms with E-state index in [-0.39, 0.29) is 12.2 Å². The van der Waals surface area contributed by atoms with E-state index in [1.54, 1.807) is 26.0 Å². The van der Waals surface area contributed by atoms with E-state index in [0.29, 0.717) is 6.42 Å². The van der Waals surface area contributed by atoms with Gasteiger partial charge in [-0.1, -0.05) is 23.8 Å². The highest BCUT2D eigenvalue weighted by Crippen LogP contribution is 2.20. The molecule has 0 rings (SSSR count). The first-order chi connectivity index (χ1) is 8.64. The van der Waals surface area contributed by atoms with Gasteiger partial charge in [0.1, 0.15) is 5.60 Å². The fraction of sp³-hybridized carbons (Fsp3) is 0.533. The highest BCUT2D eigenvalue weighted by Gasteiger charge is 2.25. The van der Waals surface area contributed by atoms with Crippen LogP contribution in [0.3, 0.4) is 0 Å². The van der Waals surface area contributed by atoms with Crippen LogP contribution < -0.4 is 0 Å². The zero-order valence-corrected chi connectivity index (χ0v) is 12.1. The number of aliphatic hydroxyl groups is 1. The number of ketones is 1. The van der Waals surface area contributed by atoms with Crippen molar-refractivity contribution in [2.24, 2.45) is 0 Å². The summed E-state index contributed by atoms with van der Waals surface area (Å²) in [6.45, 7) is 10.4. The van der Waals surface area contributed by atoms with Crippen LogP contribution in [0.15, 0.2) is 36.5 Å². The summed E-state index contributed by atoms with van der Waals surface area (Å²) < 4.78 is 0. The lowest BCUT2D eigenvalue weighted by molar-refractivity contribution is -0.301. The van der Waals surface area contributed by atoms with Crippen LogP contribution in [0.2, 0.25) is 0 Å². The summed E-state index contributed by atoms with van der Waals surface area (Å²) >= 11 is 0. The van der Waals surface area contributed by atoms with Gasteiger partial charge in [-0.3, -0.25) is 10.1 Å². The molecule has 4 nitrogen and oxygen atoms in total. The van der Waals surface area contributed by atoms with E-state index in [4.69, 9.17) is 5.26 Å². The molecule has 2 atom stereocenters. The van der Waals surface area contributed by atoms with Crippen molar-refractivity contribution in [3.63, 3.8) is 0 Å². The van der Waals surface area contributed by atoms with Crippen LogP contribution in [-0.2, 0) is 9.68 Å². The van der Waals surface area contributed by atoms with E-state index in [1.807, 2.05) is 13.8 Å². The van der Waals surface area contributed by atoms with E-state index >= 15 is 0 Å². The maximum atomic E-state index is 11.7. The number of allylic oxidation sites excluding steroid dienone is 2. The number of rotatable bonds is 8. The predicted octanol–water partition coefficient (Wildman–Crippen LogP) is 3.04. The maximum absolute atomic E-state index is 11.7. The second kappa shape index (κ2) is 7.38. The molecule has 0 aromatic rings. The summed E-state index contributed by atoms with van der Waals surface area (Å²) in [4.78, 5) is 16.1. The molecule has 4 heteroatoms. The molecule has 0 fully saturated rings. The molecule has 0 heterocycles. The Morgan fingerprint density at radius 3 is 2.37 bits per heavy atom. The second-order valence-electron chi connectivity index (χ2n) is 5.44. The smallest absolute Gasteiger partial charge is 0.158 e. The molecule has 0 aliphatic carbocycles. The summed E-state index contributed by atoms with van der Waals surface area (Å²) in [6.07, 6.45) is 6.52. The van der Waals surface area contributed by atoms with Gasteiger partial charge in [-0.15, -0.1) is 6.58 Å². The summed E-state index contributed by atoms with van der Waals surface area (Å²) in [5, 5.41) is 18.7. The Morgan fingerprint density at radius 1 is 1.37 bits per heavy atom. The average Bonchev–Trinajstić information content (AvgIpc) is 2.27. The van der Waals surface area contributed by atoms with Crippen LogP contribution >= 0.6 is 0 Å². The lowest BCUT2D eigenvalue weighted by Crippen LogP contribution is -2.28. The van der Waals surface area contributed by atoms with Crippen molar-refractivity contribution in [1.29, 1.82) is 0 Å². The molecule has 0 aliphatic rings. The Morgan fingerprint density at radius 2 is 1.95 bits per heavy atom. The molecule has 19 heavy (non-hydrogen) atoms. The van der Waals surface area contributed by atoms with Gasteiger partial charge in [-0.25, -0.2) is 4.89 Å². The van der Waals surface area contributed by atoms with Gasteiger partial charge in [0.15, 0.2) is 5.78 Å². The van der Waals surface area contributed by atoms with Crippen molar-refractivity contribution in [1.82, 2.24) is 0 Å². The van der Waals surface area contributed by atoms with Gasteiger partial charge in [0.2, 0.25) is 0 Å². The quantitative estimate of drug-likeness (QED) is 0.307. The van der Waals surface area contributed by atoms with Crippen molar-refractivity contribution in [2.75, 3.05) is 0 Å². The second-order valence-corrected chi connectivity index (χ2v) is 5.44. The van der Waals surface area contributed by atoms with Crippen molar-refractivity contribution in [2.45, 2.75) is 51.7 Å². The molecule has 0 aromatic heterocycles. The highest BCUT2D eigenvalue weighted by atomic mass is 17.1. The predicted molar refractivity (Wildman–Crippen MR) is 75.8 cm³/mol. The van der Waals surface area contributed by atoms with Crippen molar-refractivity contribution in [3.8, 4) is 0 Å².